The molecular weight excluding hydrogens is 228 g/mol. The highest BCUT2D eigenvalue weighted by Crippen LogP contribution is 2.20. The number of nitrogens with zero attached hydrogens (tertiary/aromatic N) is 4. The van der Waals surface area contributed by atoms with E-state index >= 15 is 0 Å². The van der Waals surface area contributed by atoms with Crippen molar-refractivity contribution in [3.05, 3.63) is 12.7 Å². The average molecular weight is 244 g/mol. The Morgan fingerprint density at radius 3 is 2.75 bits per heavy atom. The van der Waals surface area contributed by atoms with Crippen LogP contribution >= 0.6 is 11.8 Å². The second-order valence-corrected chi connectivity index (χ2v) is 4.45. The zero-order valence-corrected chi connectivity index (χ0v) is 10.5. The van der Waals surface area contributed by atoms with Crippen LogP contribution in [0.25, 0.3) is 0 Å². The summed E-state index contributed by atoms with van der Waals surface area (Å²) in [5, 5.41) is 12.4. The Morgan fingerprint density at radius 2 is 2.19 bits per heavy atom. The molecule has 0 aromatic carbocycles. The first kappa shape index (κ1) is 13.1. The van der Waals surface area contributed by atoms with Crippen LogP contribution in [0.5, 0.6) is 0 Å². The number of aromatic nitrogens is 4. The van der Waals surface area contributed by atoms with Crippen molar-refractivity contribution >= 4 is 11.8 Å². The standard InChI is InChI=1S/C9H16N4O2S/c1-5-7(2)16-9-10-11-12-13(9)6-8(14-3)15-4/h5,7-8H,1,6H2,2-4H3. The Kier molecular flexibility index (Phi) is 5.44. The lowest BCUT2D eigenvalue weighted by Gasteiger charge is -2.13. The van der Waals surface area contributed by atoms with Crippen LogP contribution in [-0.4, -0.2) is 46.0 Å². The summed E-state index contributed by atoms with van der Waals surface area (Å²) in [6.45, 7) is 6.21. The van der Waals surface area contributed by atoms with Crippen LogP contribution in [0.15, 0.2) is 17.8 Å². The van der Waals surface area contributed by atoms with E-state index in [0.717, 1.165) is 5.16 Å². The van der Waals surface area contributed by atoms with E-state index in [1.54, 1.807) is 18.9 Å². The van der Waals surface area contributed by atoms with Gasteiger partial charge in [-0.3, -0.25) is 0 Å². The molecular formula is C9H16N4O2S. The number of hydrogen-bond donors (Lipinski definition) is 0. The molecule has 0 saturated heterocycles. The van der Waals surface area contributed by atoms with Gasteiger partial charge >= 0.3 is 0 Å². The fourth-order valence-electron chi connectivity index (χ4n) is 0.996. The van der Waals surface area contributed by atoms with Crippen LogP contribution in [-0.2, 0) is 16.0 Å². The van der Waals surface area contributed by atoms with E-state index in [4.69, 9.17) is 9.47 Å². The van der Waals surface area contributed by atoms with Gasteiger partial charge in [-0.25, -0.2) is 4.68 Å². The first-order valence-corrected chi connectivity index (χ1v) is 5.70. The minimum absolute atomic E-state index is 0.258. The maximum absolute atomic E-state index is 5.09. The highest BCUT2D eigenvalue weighted by molar-refractivity contribution is 7.99. The summed E-state index contributed by atoms with van der Waals surface area (Å²) in [5.41, 5.74) is 0. The molecule has 6 nitrogen and oxygen atoms in total. The van der Waals surface area contributed by atoms with E-state index in [-0.39, 0.29) is 11.5 Å². The third-order valence-corrected chi connectivity index (χ3v) is 3.04. The third kappa shape index (κ3) is 3.58. The molecule has 0 aliphatic rings. The topological polar surface area (TPSA) is 62.1 Å². The van der Waals surface area contributed by atoms with Gasteiger partial charge in [0.15, 0.2) is 6.29 Å². The molecule has 16 heavy (non-hydrogen) atoms. The molecule has 1 aromatic rings. The zero-order valence-electron chi connectivity index (χ0n) is 9.66. The molecule has 1 rings (SSSR count). The predicted octanol–water partition coefficient (Wildman–Crippen LogP) is 0.959. The highest BCUT2D eigenvalue weighted by Gasteiger charge is 2.14. The molecule has 90 valence electrons. The van der Waals surface area contributed by atoms with Crippen molar-refractivity contribution in [1.29, 1.82) is 0 Å². The predicted molar refractivity (Wildman–Crippen MR) is 61.1 cm³/mol. The van der Waals surface area contributed by atoms with E-state index < -0.39 is 0 Å². The van der Waals surface area contributed by atoms with Crippen molar-refractivity contribution < 1.29 is 9.47 Å². The largest absolute Gasteiger partial charge is 0.354 e. The summed E-state index contributed by atoms with van der Waals surface area (Å²) >= 11 is 1.54. The molecule has 1 atom stereocenters. The van der Waals surface area contributed by atoms with Crippen molar-refractivity contribution in [2.45, 2.75) is 30.2 Å². The van der Waals surface area contributed by atoms with E-state index in [1.807, 2.05) is 13.0 Å². The molecule has 0 aliphatic heterocycles. The second kappa shape index (κ2) is 6.62. The van der Waals surface area contributed by atoms with Gasteiger partial charge in [0.1, 0.15) is 0 Å². The number of tetrazole rings is 1. The lowest BCUT2D eigenvalue weighted by Crippen LogP contribution is -2.22. The molecule has 0 aliphatic carbocycles. The van der Waals surface area contributed by atoms with Crippen LogP contribution in [0.1, 0.15) is 6.92 Å². The number of rotatable bonds is 7. The van der Waals surface area contributed by atoms with Crippen molar-refractivity contribution in [2.75, 3.05) is 14.2 Å². The number of methoxy groups -OCH3 is 2. The highest BCUT2D eigenvalue weighted by atomic mass is 32.2. The summed E-state index contributed by atoms with van der Waals surface area (Å²) in [4.78, 5) is 0. The summed E-state index contributed by atoms with van der Waals surface area (Å²) in [6, 6.07) is 0. The molecule has 0 amide bonds. The van der Waals surface area contributed by atoms with Crippen LogP contribution in [0.4, 0.5) is 0 Å². The Bertz CT molecular complexity index is 327. The van der Waals surface area contributed by atoms with Gasteiger partial charge in [0.2, 0.25) is 5.16 Å². The number of ether oxygens (including phenoxy) is 2. The number of thioether (sulfide) groups is 1. The smallest absolute Gasteiger partial charge is 0.210 e. The first-order valence-electron chi connectivity index (χ1n) is 4.82. The molecule has 0 spiro atoms. The maximum Gasteiger partial charge on any atom is 0.210 e. The van der Waals surface area contributed by atoms with Crippen molar-refractivity contribution in [1.82, 2.24) is 20.2 Å². The molecule has 1 unspecified atom stereocenters. The zero-order chi connectivity index (χ0) is 12.0. The van der Waals surface area contributed by atoms with Crippen LogP contribution < -0.4 is 0 Å². The molecule has 1 heterocycles. The summed E-state index contributed by atoms with van der Waals surface area (Å²) in [7, 11) is 3.16. The molecule has 0 N–H and O–H groups in total. The van der Waals surface area contributed by atoms with E-state index in [0.29, 0.717) is 6.54 Å². The fourth-order valence-corrected chi connectivity index (χ4v) is 1.74. The number of hydrogen-bond acceptors (Lipinski definition) is 6. The van der Waals surface area contributed by atoms with Gasteiger partial charge in [-0.05, 0) is 17.4 Å². The van der Waals surface area contributed by atoms with Crippen molar-refractivity contribution in [3.8, 4) is 0 Å². The lowest BCUT2D eigenvalue weighted by atomic mass is 10.5. The van der Waals surface area contributed by atoms with Gasteiger partial charge in [0, 0.05) is 19.5 Å². The molecule has 7 heteroatoms. The molecule has 1 aromatic heterocycles. The summed E-state index contributed by atoms with van der Waals surface area (Å²) in [6.07, 6.45) is 1.50. The van der Waals surface area contributed by atoms with Crippen LogP contribution in [0, 0.1) is 0 Å². The second-order valence-electron chi connectivity index (χ2n) is 3.10. The van der Waals surface area contributed by atoms with Crippen LogP contribution in [0.3, 0.4) is 0 Å². The molecule has 0 radical (unpaired) electrons. The van der Waals surface area contributed by atoms with Gasteiger partial charge in [-0.1, -0.05) is 17.8 Å². The van der Waals surface area contributed by atoms with Crippen molar-refractivity contribution in [3.63, 3.8) is 0 Å². The van der Waals surface area contributed by atoms with Gasteiger partial charge in [0.25, 0.3) is 0 Å². The Morgan fingerprint density at radius 1 is 1.50 bits per heavy atom. The fraction of sp³-hybridized carbons (Fsp3) is 0.667. The first-order chi connectivity index (χ1) is 7.71. The van der Waals surface area contributed by atoms with Gasteiger partial charge in [0.05, 0.1) is 6.54 Å². The minimum Gasteiger partial charge on any atom is -0.354 e. The Labute approximate surface area is 99.0 Å². The van der Waals surface area contributed by atoms with Gasteiger partial charge < -0.3 is 9.47 Å². The Balaban J connectivity index is 2.66. The van der Waals surface area contributed by atoms with E-state index in [1.165, 1.54) is 11.8 Å². The minimum atomic E-state index is -0.345. The molecule has 0 fully saturated rings. The van der Waals surface area contributed by atoms with Gasteiger partial charge in [-0.15, -0.1) is 11.7 Å². The normalized spacial score (nSPS) is 13.0. The third-order valence-electron chi connectivity index (χ3n) is 1.97. The summed E-state index contributed by atoms with van der Waals surface area (Å²) in [5.74, 6) is 0. The average Bonchev–Trinajstić information content (AvgIpc) is 2.73. The van der Waals surface area contributed by atoms with Crippen LogP contribution in [0.2, 0.25) is 0 Å². The summed E-state index contributed by atoms with van der Waals surface area (Å²) < 4.78 is 11.8. The molecule has 0 saturated carbocycles. The quantitative estimate of drug-likeness (QED) is 0.404. The lowest BCUT2D eigenvalue weighted by molar-refractivity contribution is -0.113. The maximum atomic E-state index is 5.09. The molecule has 0 bridgehead atoms. The monoisotopic (exact) mass is 244 g/mol. The van der Waals surface area contributed by atoms with Crippen molar-refractivity contribution in [2.24, 2.45) is 0 Å². The SMILES string of the molecule is C=CC(C)Sc1nnnn1CC(OC)OC. The Hall–Kier alpha value is -0.920. The van der Waals surface area contributed by atoms with E-state index in [9.17, 15) is 0 Å². The van der Waals surface area contributed by atoms with Gasteiger partial charge in [-0.2, -0.15) is 0 Å². The van der Waals surface area contributed by atoms with E-state index in [2.05, 4.69) is 22.1 Å².